The first-order valence-electron chi connectivity index (χ1n) is 7.60. The normalized spacial score (nSPS) is 11.5. The van der Waals surface area contributed by atoms with E-state index in [2.05, 4.69) is 10.3 Å². The lowest BCUT2D eigenvalue weighted by molar-refractivity contribution is -0.388. The van der Waals surface area contributed by atoms with Crippen LogP contribution in [0.3, 0.4) is 0 Å². The van der Waals surface area contributed by atoms with Crippen LogP contribution >= 0.6 is 11.8 Å². The molecule has 0 atom stereocenters. The maximum Gasteiger partial charge on any atom is 0.416 e. The molecule has 10 heteroatoms. The molecule has 0 bridgehead atoms. The molecule has 2 N–H and O–H groups in total. The molecule has 0 spiro atoms. The predicted molar refractivity (Wildman–Crippen MR) is 95.8 cm³/mol. The Balaban J connectivity index is 1.73. The van der Waals surface area contributed by atoms with Crippen LogP contribution in [-0.2, 0) is 11.0 Å². The third kappa shape index (κ3) is 4.22. The Hall–Kier alpha value is -3.01. The van der Waals surface area contributed by atoms with Gasteiger partial charge in [0.1, 0.15) is 0 Å². The number of nitrogens with one attached hydrogen (secondary N) is 2. The molecule has 27 heavy (non-hydrogen) atoms. The highest BCUT2D eigenvalue weighted by Gasteiger charge is 2.33. The Morgan fingerprint density at radius 1 is 1.22 bits per heavy atom. The molecule has 140 valence electrons. The fourth-order valence-electron chi connectivity index (χ4n) is 2.48. The molecule has 0 saturated carbocycles. The second-order valence-corrected chi connectivity index (χ2v) is 6.54. The van der Waals surface area contributed by atoms with E-state index in [1.54, 1.807) is 24.4 Å². The standard InChI is InChI=1S/C17H12F3N3O3S/c18-17(19,20)10-4-5-15(14(8-10)23(25)26)27-9-16(24)22-13-3-1-2-12-11(13)6-7-21-12/h1-8,21H,9H2,(H,22,24). The number of nitro benzene ring substituents is 1. The zero-order chi connectivity index (χ0) is 19.6. The van der Waals surface area contributed by atoms with Crippen LogP contribution in [0.15, 0.2) is 53.6 Å². The van der Waals surface area contributed by atoms with E-state index in [1.165, 1.54) is 0 Å². The van der Waals surface area contributed by atoms with Crippen molar-refractivity contribution in [2.24, 2.45) is 0 Å². The number of benzene rings is 2. The molecule has 1 amide bonds. The summed E-state index contributed by atoms with van der Waals surface area (Å²) < 4.78 is 38.2. The number of hydrogen-bond acceptors (Lipinski definition) is 4. The van der Waals surface area contributed by atoms with Crippen molar-refractivity contribution in [1.29, 1.82) is 0 Å². The number of fused-ring (bicyclic) bond motifs is 1. The van der Waals surface area contributed by atoms with E-state index >= 15 is 0 Å². The number of aromatic amines is 1. The molecule has 1 aromatic heterocycles. The van der Waals surface area contributed by atoms with E-state index in [9.17, 15) is 28.1 Å². The van der Waals surface area contributed by atoms with E-state index < -0.39 is 28.3 Å². The van der Waals surface area contributed by atoms with Gasteiger partial charge in [-0.2, -0.15) is 13.2 Å². The number of nitrogens with zero attached hydrogens (tertiary/aromatic N) is 1. The largest absolute Gasteiger partial charge is 0.416 e. The van der Waals surface area contributed by atoms with Gasteiger partial charge in [-0.25, -0.2) is 0 Å². The minimum atomic E-state index is -4.68. The number of carbonyl (C=O) groups excluding carboxylic acids is 1. The van der Waals surface area contributed by atoms with Crippen molar-refractivity contribution in [3.8, 4) is 0 Å². The van der Waals surface area contributed by atoms with Gasteiger partial charge in [0.15, 0.2) is 0 Å². The van der Waals surface area contributed by atoms with Crippen LogP contribution in [0.2, 0.25) is 0 Å². The van der Waals surface area contributed by atoms with Crippen molar-refractivity contribution >= 4 is 39.9 Å². The molecule has 3 rings (SSSR count). The third-order valence-electron chi connectivity index (χ3n) is 3.71. The van der Waals surface area contributed by atoms with Gasteiger partial charge in [0, 0.05) is 23.2 Å². The third-order valence-corrected chi connectivity index (χ3v) is 4.77. The Bertz CT molecular complexity index is 1020. The first-order valence-corrected chi connectivity index (χ1v) is 8.58. The lowest BCUT2D eigenvalue weighted by atomic mass is 10.2. The van der Waals surface area contributed by atoms with Crippen LogP contribution in [0.4, 0.5) is 24.5 Å². The summed E-state index contributed by atoms with van der Waals surface area (Å²) in [5.41, 5.74) is -0.391. The lowest BCUT2D eigenvalue weighted by Crippen LogP contribution is -2.14. The highest BCUT2D eigenvalue weighted by Crippen LogP contribution is 2.36. The van der Waals surface area contributed by atoms with E-state index in [4.69, 9.17) is 0 Å². The van der Waals surface area contributed by atoms with Crippen molar-refractivity contribution < 1.29 is 22.9 Å². The number of aromatic nitrogens is 1. The fraction of sp³-hybridized carbons (Fsp3) is 0.118. The molecule has 0 aliphatic heterocycles. The van der Waals surface area contributed by atoms with E-state index in [0.717, 1.165) is 34.8 Å². The van der Waals surface area contributed by atoms with Crippen LogP contribution < -0.4 is 5.32 Å². The number of rotatable bonds is 5. The van der Waals surface area contributed by atoms with Gasteiger partial charge in [-0.15, -0.1) is 11.8 Å². The zero-order valence-corrected chi connectivity index (χ0v) is 14.4. The van der Waals surface area contributed by atoms with Gasteiger partial charge >= 0.3 is 6.18 Å². The van der Waals surface area contributed by atoms with Gasteiger partial charge < -0.3 is 10.3 Å². The number of halogens is 3. The molecule has 0 aliphatic rings. The topological polar surface area (TPSA) is 88.0 Å². The predicted octanol–water partition coefficient (Wildman–Crippen LogP) is 4.83. The van der Waals surface area contributed by atoms with Crippen LogP contribution in [0, 0.1) is 10.1 Å². The number of hydrogen-bond donors (Lipinski definition) is 2. The second-order valence-electron chi connectivity index (χ2n) is 5.52. The average molecular weight is 395 g/mol. The van der Waals surface area contributed by atoms with Gasteiger partial charge in [-0.1, -0.05) is 6.07 Å². The van der Waals surface area contributed by atoms with Gasteiger partial charge in [0.05, 0.1) is 26.8 Å². The molecule has 1 heterocycles. The Morgan fingerprint density at radius 2 is 2.00 bits per heavy atom. The maximum atomic E-state index is 12.7. The average Bonchev–Trinajstić information content (AvgIpc) is 3.08. The molecule has 0 saturated heterocycles. The van der Waals surface area contributed by atoms with Crippen LogP contribution in [-0.4, -0.2) is 21.6 Å². The van der Waals surface area contributed by atoms with Crippen molar-refractivity contribution in [3.05, 3.63) is 64.3 Å². The number of nitro groups is 1. The molecule has 0 unspecified atom stereocenters. The summed E-state index contributed by atoms with van der Waals surface area (Å²) in [5.74, 6) is -0.615. The Kier molecular flexibility index (Phi) is 5.08. The summed E-state index contributed by atoms with van der Waals surface area (Å²) in [6, 6.07) is 9.33. The zero-order valence-electron chi connectivity index (χ0n) is 13.5. The summed E-state index contributed by atoms with van der Waals surface area (Å²) in [6.45, 7) is 0. The fourth-order valence-corrected chi connectivity index (χ4v) is 3.29. The molecular formula is C17H12F3N3O3S. The summed E-state index contributed by atoms with van der Waals surface area (Å²) in [4.78, 5) is 25.3. The Morgan fingerprint density at radius 3 is 2.70 bits per heavy atom. The molecule has 3 aromatic rings. The number of amides is 1. The maximum absolute atomic E-state index is 12.7. The van der Waals surface area contributed by atoms with Crippen molar-refractivity contribution in [1.82, 2.24) is 4.98 Å². The van der Waals surface area contributed by atoms with Gasteiger partial charge in [-0.3, -0.25) is 14.9 Å². The smallest absolute Gasteiger partial charge is 0.361 e. The highest BCUT2D eigenvalue weighted by atomic mass is 32.2. The highest BCUT2D eigenvalue weighted by molar-refractivity contribution is 8.00. The van der Waals surface area contributed by atoms with E-state index in [-0.39, 0.29) is 10.6 Å². The van der Waals surface area contributed by atoms with Crippen LogP contribution in [0.1, 0.15) is 5.56 Å². The first kappa shape index (κ1) is 18.8. The molecule has 0 radical (unpaired) electrons. The molecule has 0 aliphatic carbocycles. The number of thioether (sulfide) groups is 1. The van der Waals surface area contributed by atoms with Crippen molar-refractivity contribution in [2.45, 2.75) is 11.1 Å². The number of H-pyrrole nitrogens is 1. The minimum absolute atomic E-state index is 0.0111. The number of carbonyl (C=O) groups is 1. The van der Waals surface area contributed by atoms with Crippen molar-refractivity contribution in [2.75, 3.05) is 11.1 Å². The SMILES string of the molecule is O=C(CSc1ccc(C(F)(F)F)cc1[N+](=O)[O-])Nc1cccc2[nH]ccc12. The first-order chi connectivity index (χ1) is 12.8. The second kappa shape index (κ2) is 7.31. The monoisotopic (exact) mass is 395 g/mol. The van der Waals surface area contributed by atoms with E-state index in [0.29, 0.717) is 11.8 Å². The van der Waals surface area contributed by atoms with Crippen LogP contribution in [0.5, 0.6) is 0 Å². The summed E-state index contributed by atoms with van der Waals surface area (Å²) in [6.07, 6.45) is -2.96. The Labute approximate surface area is 154 Å². The molecular weight excluding hydrogens is 383 g/mol. The number of anilines is 1. The quantitative estimate of drug-likeness (QED) is 0.368. The van der Waals surface area contributed by atoms with Gasteiger partial charge in [0.2, 0.25) is 5.91 Å². The molecule has 0 fully saturated rings. The number of alkyl halides is 3. The van der Waals surface area contributed by atoms with E-state index in [1.807, 2.05) is 6.07 Å². The van der Waals surface area contributed by atoms with Crippen molar-refractivity contribution in [3.63, 3.8) is 0 Å². The summed E-state index contributed by atoms with van der Waals surface area (Å²) in [5, 5.41) is 14.6. The summed E-state index contributed by atoms with van der Waals surface area (Å²) >= 11 is 0.801. The summed E-state index contributed by atoms with van der Waals surface area (Å²) in [7, 11) is 0. The molecule has 6 nitrogen and oxygen atoms in total. The minimum Gasteiger partial charge on any atom is -0.361 e. The molecule has 2 aromatic carbocycles. The van der Waals surface area contributed by atoms with Crippen LogP contribution in [0.25, 0.3) is 10.9 Å². The lowest BCUT2D eigenvalue weighted by Gasteiger charge is -2.09. The van der Waals surface area contributed by atoms with Gasteiger partial charge in [-0.05, 0) is 30.3 Å². The van der Waals surface area contributed by atoms with Gasteiger partial charge in [0.25, 0.3) is 5.69 Å².